The molecule has 1 aliphatic heterocycles. The minimum absolute atomic E-state index is 0.240. The fourth-order valence-electron chi connectivity index (χ4n) is 4.09. The van der Waals surface area contributed by atoms with Crippen LogP contribution in [-0.4, -0.2) is 61.8 Å². The topological polar surface area (TPSA) is 107 Å². The van der Waals surface area contributed by atoms with Gasteiger partial charge in [-0.1, -0.05) is 55.5 Å². The molecule has 0 aliphatic carbocycles. The van der Waals surface area contributed by atoms with E-state index < -0.39 is 12.0 Å². The van der Waals surface area contributed by atoms with Crippen LogP contribution in [0.5, 0.6) is 0 Å². The van der Waals surface area contributed by atoms with E-state index in [4.69, 9.17) is 0 Å². The molecule has 156 valence electrons. The largest absolute Gasteiger partial charge is 0.480 e. The summed E-state index contributed by atoms with van der Waals surface area (Å²) in [6.07, 6.45) is 1.68. The zero-order valence-electron chi connectivity index (χ0n) is 17.0. The van der Waals surface area contributed by atoms with E-state index in [1.54, 1.807) is 0 Å². The molecule has 2 atom stereocenters. The minimum atomic E-state index is -0.765. The Hall–Kier alpha value is -3.10. The number of rotatable bonds is 8. The Morgan fingerprint density at radius 3 is 2.57 bits per heavy atom. The van der Waals surface area contributed by atoms with Crippen molar-refractivity contribution in [3.63, 3.8) is 0 Å². The Morgan fingerprint density at radius 2 is 1.93 bits per heavy atom. The maximum absolute atomic E-state index is 11.3. The molecular weight excluding hydrogens is 380 g/mol. The predicted molar refractivity (Wildman–Crippen MR) is 114 cm³/mol. The first-order valence-electron chi connectivity index (χ1n) is 10.3. The van der Waals surface area contributed by atoms with Crippen molar-refractivity contribution in [1.29, 1.82) is 0 Å². The highest BCUT2D eigenvalue weighted by molar-refractivity contribution is 5.80. The highest BCUT2D eigenvalue weighted by Crippen LogP contribution is 2.30. The van der Waals surface area contributed by atoms with E-state index in [1.165, 1.54) is 5.56 Å². The Morgan fingerprint density at radius 1 is 1.17 bits per heavy atom. The summed E-state index contributed by atoms with van der Waals surface area (Å²) in [7, 11) is 0. The summed E-state index contributed by atoms with van der Waals surface area (Å²) in [6, 6.07) is 16.3. The van der Waals surface area contributed by atoms with Gasteiger partial charge in [-0.3, -0.25) is 9.69 Å². The van der Waals surface area contributed by atoms with Gasteiger partial charge in [0.1, 0.15) is 6.04 Å². The number of carboxylic acid groups (broad SMARTS) is 1. The molecule has 8 nitrogen and oxygen atoms in total. The standard InChI is InChI=1S/C22H26N6O2/c1-2-11-28(17-12-20(22(29)30)23-13-17)14-15-7-9-16(10-8-15)18-5-3-4-6-19(18)21-24-26-27-25-21/h3-10,17,20,23H,2,11-14H2,1H3,(H,29,30)(H,24,25,26,27). The first-order valence-corrected chi connectivity index (χ1v) is 10.3. The molecule has 30 heavy (non-hydrogen) atoms. The summed E-state index contributed by atoms with van der Waals surface area (Å²) >= 11 is 0. The van der Waals surface area contributed by atoms with Crippen LogP contribution in [0.25, 0.3) is 22.5 Å². The van der Waals surface area contributed by atoms with Crippen molar-refractivity contribution in [3.8, 4) is 22.5 Å². The Kier molecular flexibility index (Phi) is 6.15. The molecule has 2 heterocycles. The highest BCUT2D eigenvalue weighted by Gasteiger charge is 2.32. The fourth-order valence-corrected chi connectivity index (χ4v) is 4.09. The predicted octanol–water partition coefficient (Wildman–Crippen LogP) is 2.56. The van der Waals surface area contributed by atoms with Crippen molar-refractivity contribution >= 4 is 5.97 Å². The minimum Gasteiger partial charge on any atom is -0.480 e. The van der Waals surface area contributed by atoms with Gasteiger partial charge in [-0.25, -0.2) is 0 Å². The summed E-state index contributed by atoms with van der Waals surface area (Å²) < 4.78 is 0. The van der Waals surface area contributed by atoms with Crippen molar-refractivity contribution < 1.29 is 9.90 Å². The van der Waals surface area contributed by atoms with Gasteiger partial charge in [-0.2, -0.15) is 5.21 Å². The fraction of sp³-hybridized carbons (Fsp3) is 0.364. The molecule has 1 fully saturated rings. The van der Waals surface area contributed by atoms with Gasteiger partial charge in [0, 0.05) is 24.7 Å². The van der Waals surface area contributed by atoms with E-state index in [1.807, 2.05) is 18.2 Å². The number of carbonyl (C=O) groups is 1. The van der Waals surface area contributed by atoms with Crippen molar-refractivity contribution in [2.75, 3.05) is 13.1 Å². The van der Waals surface area contributed by atoms with Gasteiger partial charge >= 0.3 is 5.97 Å². The van der Waals surface area contributed by atoms with Crippen LogP contribution in [0.2, 0.25) is 0 Å². The number of carboxylic acids is 1. The van der Waals surface area contributed by atoms with Crippen molar-refractivity contribution in [1.82, 2.24) is 30.8 Å². The van der Waals surface area contributed by atoms with Crippen molar-refractivity contribution in [2.45, 2.75) is 38.4 Å². The first kappa shape index (κ1) is 20.2. The van der Waals surface area contributed by atoms with Crippen molar-refractivity contribution in [3.05, 3.63) is 54.1 Å². The average Bonchev–Trinajstić information content (AvgIpc) is 3.46. The number of hydrogen-bond acceptors (Lipinski definition) is 6. The number of hydrogen-bond donors (Lipinski definition) is 3. The van der Waals surface area contributed by atoms with E-state index >= 15 is 0 Å². The number of nitrogens with one attached hydrogen (secondary N) is 2. The lowest BCUT2D eigenvalue weighted by Gasteiger charge is -2.28. The quantitative estimate of drug-likeness (QED) is 0.528. The van der Waals surface area contributed by atoms with Crippen LogP contribution in [0.1, 0.15) is 25.3 Å². The molecule has 0 bridgehead atoms. The summed E-state index contributed by atoms with van der Waals surface area (Å²) in [4.78, 5) is 13.7. The molecule has 0 saturated carbocycles. The zero-order chi connectivity index (χ0) is 20.9. The third-order valence-corrected chi connectivity index (χ3v) is 5.60. The number of H-pyrrole nitrogens is 1. The summed E-state index contributed by atoms with van der Waals surface area (Å²) in [5.74, 6) is -0.191. The molecule has 2 aromatic carbocycles. The maximum atomic E-state index is 11.3. The molecule has 1 saturated heterocycles. The molecule has 1 aliphatic rings. The zero-order valence-corrected chi connectivity index (χ0v) is 17.0. The molecule has 8 heteroatoms. The van der Waals surface area contributed by atoms with Crippen LogP contribution in [0.3, 0.4) is 0 Å². The van der Waals surface area contributed by atoms with Crippen LogP contribution in [0.4, 0.5) is 0 Å². The van der Waals surface area contributed by atoms with Gasteiger partial charge in [0.15, 0.2) is 0 Å². The number of tetrazole rings is 1. The van der Waals surface area contributed by atoms with E-state index in [0.717, 1.165) is 36.2 Å². The van der Waals surface area contributed by atoms with E-state index in [9.17, 15) is 9.90 Å². The van der Waals surface area contributed by atoms with Gasteiger partial charge in [0.2, 0.25) is 5.82 Å². The Labute approximate surface area is 175 Å². The van der Waals surface area contributed by atoms with Gasteiger partial charge in [0.05, 0.1) is 0 Å². The second kappa shape index (κ2) is 9.15. The second-order valence-electron chi connectivity index (χ2n) is 7.64. The smallest absolute Gasteiger partial charge is 0.320 e. The molecule has 0 radical (unpaired) electrons. The molecule has 3 N–H and O–H groups in total. The van der Waals surface area contributed by atoms with Gasteiger partial charge < -0.3 is 10.4 Å². The van der Waals surface area contributed by atoms with Crippen LogP contribution in [-0.2, 0) is 11.3 Å². The van der Waals surface area contributed by atoms with E-state index in [0.29, 0.717) is 18.8 Å². The molecule has 2 unspecified atom stereocenters. The number of aliphatic carboxylic acids is 1. The molecule has 1 aromatic heterocycles. The van der Waals surface area contributed by atoms with Gasteiger partial charge in [-0.05, 0) is 41.3 Å². The third kappa shape index (κ3) is 4.39. The molecule has 0 spiro atoms. The van der Waals surface area contributed by atoms with Gasteiger partial charge in [0.25, 0.3) is 0 Å². The summed E-state index contributed by atoms with van der Waals surface area (Å²) in [5, 5.41) is 26.8. The summed E-state index contributed by atoms with van der Waals surface area (Å²) in [6.45, 7) is 4.62. The number of nitrogens with zero attached hydrogens (tertiary/aromatic N) is 4. The monoisotopic (exact) mass is 406 g/mol. The lowest BCUT2D eigenvalue weighted by atomic mass is 9.98. The number of aromatic nitrogens is 4. The van der Waals surface area contributed by atoms with E-state index in [-0.39, 0.29) is 6.04 Å². The van der Waals surface area contributed by atoms with E-state index in [2.05, 4.69) is 68.1 Å². The lowest BCUT2D eigenvalue weighted by Crippen LogP contribution is -2.36. The van der Waals surface area contributed by atoms with Crippen LogP contribution < -0.4 is 5.32 Å². The Balaban J connectivity index is 1.50. The average molecular weight is 406 g/mol. The van der Waals surface area contributed by atoms with Gasteiger partial charge in [-0.15, -0.1) is 10.2 Å². The number of benzene rings is 2. The normalized spacial score (nSPS) is 18.7. The highest BCUT2D eigenvalue weighted by atomic mass is 16.4. The Bertz CT molecular complexity index is 974. The summed E-state index contributed by atoms with van der Waals surface area (Å²) in [5.41, 5.74) is 4.29. The van der Waals surface area contributed by atoms with Crippen LogP contribution in [0, 0.1) is 0 Å². The number of aromatic amines is 1. The second-order valence-corrected chi connectivity index (χ2v) is 7.64. The molecule has 4 rings (SSSR count). The van der Waals surface area contributed by atoms with Crippen molar-refractivity contribution in [2.24, 2.45) is 0 Å². The van der Waals surface area contributed by atoms with Crippen LogP contribution >= 0.6 is 0 Å². The first-order chi connectivity index (χ1) is 14.7. The maximum Gasteiger partial charge on any atom is 0.320 e. The molecule has 0 amide bonds. The molecule has 3 aromatic rings. The molecular formula is C22H26N6O2. The third-order valence-electron chi connectivity index (χ3n) is 5.60. The van der Waals surface area contributed by atoms with Crippen LogP contribution in [0.15, 0.2) is 48.5 Å². The lowest BCUT2D eigenvalue weighted by molar-refractivity contribution is -0.139. The SMILES string of the molecule is CCCN(Cc1ccc(-c2ccccc2-c2nn[nH]n2)cc1)C1CNC(C(=O)O)C1.